The normalized spacial score (nSPS) is 11.8. The predicted molar refractivity (Wildman–Crippen MR) is 114 cm³/mol. The first kappa shape index (κ1) is 20.9. The van der Waals surface area contributed by atoms with Gasteiger partial charge in [-0.2, -0.15) is 0 Å². The van der Waals surface area contributed by atoms with E-state index in [1.807, 2.05) is 61.7 Å². The first-order valence-electron chi connectivity index (χ1n) is 9.64. The van der Waals surface area contributed by atoms with Crippen LogP contribution in [0.4, 0.5) is 0 Å². The van der Waals surface area contributed by atoms with Gasteiger partial charge >= 0.3 is 0 Å². The van der Waals surface area contributed by atoms with Crippen molar-refractivity contribution in [2.24, 2.45) is 0 Å². The lowest BCUT2D eigenvalue weighted by Gasteiger charge is -2.15. The Balaban J connectivity index is 1.98. The number of aromatic nitrogens is 4. The van der Waals surface area contributed by atoms with E-state index in [0.717, 1.165) is 23.4 Å². The summed E-state index contributed by atoms with van der Waals surface area (Å²) >= 11 is 1.35. The van der Waals surface area contributed by atoms with Gasteiger partial charge in [0, 0.05) is 24.0 Å². The molecule has 1 N–H and O–H groups in total. The zero-order valence-corrected chi connectivity index (χ0v) is 17.6. The van der Waals surface area contributed by atoms with Crippen molar-refractivity contribution in [1.29, 1.82) is 0 Å². The second kappa shape index (κ2) is 10.1. The lowest BCUT2D eigenvalue weighted by Crippen LogP contribution is -2.33. The standard InChI is InChI=1S/C21H25N5O2S/c1-4-15(3)23-19(27)14-29-21-25-24-20(16-10-12-22-13-11-16)26(21)17-8-6-7-9-18(17)28-5-2/h6-13,15H,4-5,14H2,1-3H3,(H,23,27)/t15-/m0/s1. The zero-order valence-electron chi connectivity index (χ0n) is 16.8. The molecule has 2 heterocycles. The maximum Gasteiger partial charge on any atom is 0.230 e. The quantitative estimate of drug-likeness (QED) is 0.540. The number of amides is 1. The number of hydrogen-bond acceptors (Lipinski definition) is 6. The van der Waals surface area contributed by atoms with E-state index in [0.29, 0.717) is 17.6 Å². The molecule has 0 bridgehead atoms. The van der Waals surface area contributed by atoms with Crippen LogP contribution in [0.1, 0.15) is 27.2 Å². The van der Waals surface area contributed by atoms with Crippen LogP contribution in [-0.2, 0) is 4.79 Å². The molecule has 0 radical (unpaired) electrons. The van der Waals surface area contributed by atoms with Gasteiger partial charge in [0.1, 0.15) is 5.75 Å². The summed E-state index contributed by atoms with van der Waals surface area (Å²) in [4.78, 5) is 16.3. The number of para-hydroxylation sites is 2. The summed E-state index contributed by atoms with van der Waals surface area (Å²) in [5, 5.41) is 12.4. The van der Waals surface area contributed by atoms with Crippen molar-refractivity contribution in [2.75, 3.05) is 12.4 Å². The fourth-order valence-corrected chi connectivity index (χ4v) is 3.49. The van der Waals surface area contributed by atoms with Crippen LogP contribution in [0.3, 0.4) is 0 Å². The zero-order chi connectivity index (χ0) is 20.6. The first-order valence-corrected chi connectivity index (χ1v) is 10.6. The van der Waals surface area contributed by atoms with Crippen molar-refractivity contribution in [1.82, 2.24) is 25.1 Å². The van der Waals surface area contributed by atoms with Crippen LogP contribution in [0.15, 0.2) is 53.9 Å². The van der Waals surface area contributed by atoms with Crippen molar-refractivity contribution < 1.29 is 9.53 Å². The van der Waals surface area contributed by atoms with Crippen molar-refractivity contribution in [3.63, 3.8) is 0 Å². The summed E-state index contributed by atoms with van der Waals surface area (Å²) in [6.07, 6.45) is 4.32. The monoisotopic (exact) mass is 411 g/mol. The van der Waals surface area contributed by atoms with E-state index >= 15 is 0 Å². The van der Waals surface area contributed by atoms with Crippen molar-refractivity contribution in [2.45, 2.75) is 38.4 Å². The highest BCUT2D eigenvalue weighted by Crippen LogP contribution is 2.32. The fourth-order valence-electron chi connectivity index (χ4n) is 2.74. The van der Waals surface area contributed by atoms with Crippen LogP contribution >= 0.6 is 11.8 Å². The van der Waals surface area contributed by atoms with Crippen LogP contribution in [0.25, 0.3) is 17.1 Å². The number of pyridine rings is 1. The molecule has 152 valence electrons. The number of hydrogen-bond donors (Lipinski definition) is 1. The Morgan fingerprint density at radius 2 is 1.93 bits per heavy atom. The summed E-state index contributed by atoms with van der Waals surface area (Å²) in [6.45, 7) is 6.52. The van der Waals surface area contributed by atoms with Crippen LogP contribution in [0.2, 0.25) is 0 Å². The topological polar surface area (TPSA) is 81.9 Å². The van der Waals surface area contributed by atoms with Crippen molar-refractivity contribution in [3.05, 3.63) is 48.8 Å². The van der Waals surface area contributed by atoms with Gasteiger partial charge in [-0.25, -0.2) is 0 Å². The maximum absolute atomic E-state index is 12.3. The Morgan fingerprint density at radius 1 is 1.17 bits per heavy atom. The molecule has 0 aliphatic rings. The molecule has 0 unspecified atom stereocenters. The van der Waals surface area contributed by atoms with E-state index in [9.17, 15) is 4.79 Å². The first-order chi connectivity index (χ1) is 14.1. The summed E-state index contributed by atoms with van der Waals surface area (Å²) < 4.78 is 7.75. The van der Waals surface area contributed by atoms with E-state index in [1.54, 1.807) is 12.4 Å². The third kappa shape index (κ3) is 5.14. The molecule has 29 heavy (non-hydrogen) atoms. The van der Waals surface area contributed by atoms with Crippen LogP contribution in [-0.4, -0.2) is 44.1 Å². The molecule has 3 rings (SSSR count). The Hall–Kier alpha value is -2.87. The van der Waals surface area contributed by atoms with Gasteiger partial charge in [0.05, 0.1) is 18.0 Å². The van der Waals surface area contributed by atoms with E-state index in [2.05, 4.69) is 20.5 Å². The number of carbonyl (C=O) groups is 1. The molecule has 0 saturated carbocycles. The number of thioether (sulfide) groups is 1. The van der Waals surface area contributed by atoms with Gasteiger partial charge in [-0.3, -0.25) is 14.3 Å². The average molecular weight is 412 g/mol. The summed E-state index contributed by atoms with van der Waals surface area (Å²) in [7, 11) is 0. The number of ether oxygens (including phenoxy) is 1. The number of rotatable bonds is 9. The minimum absolute atomic E-state index is 0.0255. The molecule has 0 spiro atoms. The Labute approximate surface area is 174 Å². The third-order valence-corrected chi connectivity index (χ3v) is 5.26. The lowest BCUT2D eigenvalue weighted by atomic mass is 10.2. The maximum atomic E-state index is 12.3. The summed E-state index contributed by atoms with van der Waals surface area (Å²) in [5.41, 5.74) is 1.71. The molecule has 0 aliphatic heterocycles. The van der Waals surface area contributed by atoms with Gasteiger partial charge < -0.3 is 10.1 Å². The predicted octanol–water partition coefficient (Wildman–Crippen LogP) is 3.73. The molecular weight excluding hydrogens is 386 g/mol. The Kier molecular flexibility index (Phi) is 7.24. The van der Waals surface area contributed by atoms with Gasteiger partial charge in [-0.1, -0.05) is 30.8 Å². The molecule has 3 aromatic rings. The molecule has 1 amide bonds. The van der Waals surface area contributed by atoms with Gasteiger partial charge in [0.25, 0.3) is 0 Å². The third-order valence-electron chi connectivity index (χ3n) is 4.33. The smallest absolute Gasteiger partial charge is 0.230 e. The largest absolute Gasteiger partial charge is 0.492 e. The van der Waals surface area contributed by atoms with Gasteiger partial charge in [0.15, 0.2) is 11.0 Å². The van der Waals surface area contributed by atoms with E-state index in [-0.39, 0.29) is 17.7 Å². The molecule has 2 aromatic heterocycles. The molecule has 7 nitrogen and oxygen atoms in total. The second-order valence-corrected chi connectivity index (χ2v) is 7.39. The highest BCUT2D eigenvalue weighted by atomic mass is 32.2. The van der Waals surface area contributed by atoms with E-state index in [1.165, 1.54) is 11.8 Å². The van der Waals surface area contributed by atoms with Gasteiger partial charge in [0.2, 0.25) is 5.91 Å². The van der Waals surface area contributed by atoms with Crippen LogP contribution in [0, 0.1) is 0 Å². The number of benzene rings is 1. The average Bonchev–Trinajstić information content (AvgIpc) is 3.17. The summed E-state index contributed by atoms with van der Waals surface area (Å²) in [6, 6.07) is 11.7. The van der Waals surface area contributed by atoms with E-state index < -0.39 is 0 Å². The number of nitrogens with zero attached hydrogens (tertiary/aromatic N) is 4. The summed E-state index contributed by atoms with van der Waals surface area (Å²) in [5.74, 6) is 1.64. The Morgan fingerprint density at radius 3 is 2.66 bits per heavy atom. The van der Waals surface area contributed by atoms with E-state index in [4.69, 9.17) is 4.74 Å². The molecule has 1 aromatic carbocycles. The SMILES string of the molecule is CCOc1ccccc1-n1c(SCC(=O)N[C@@H](C)CC)nnc1-c1ccncc1. The van der Waals surface area contributed by atoms with Crippen molar-refractivity contribution >= 4 is 17.7 Å². The molecule has 8 heteroatoms. The molecule has 0 aliphatic carbocycles. The lowest BCUT2D eigenvalue weighted by molar-refractivity contribution is -0.119. The minimum Gasteiger partial charge on any atom is -0.492 e. The number of carbonyl (C=O) groups excluding carboxylic acids is 1. The Bertz CT molecular complexity index is 945. The highest BCUT2D eigenvalue weighted by Gasteiger charge is 2.20. The second-order valence-electron chi connectivity index (χ2n) is 6.44. The molecule has 0 saturated heterocycles. The van der Waals surface area contributed by atoms with Gasteiger partial charge in [-0.15, -0.1) is 10.2 Å². The molecule has 1 atom stereocenters. The van der Waals surface area contributed by atoms with Crippen LogP contribution in [0.5, 0.6) is 5.75 Å². The van der Waals surface area contributed by atoms with Crippen molar-refractivity contribution in [3.8, 4) is 22.8 Å². The molecule has 0 fully saturated rings. The minimum atomic E-state index is -0.0255. The number of nitrogens with one attached hydrogen (secondary N) is 1. The highest BCUT2D eigenvalue weighted by molar-refractivity contribution is 7.99. The fraction of sp³-hybridized carbons (Fsp3) is 0.333. The van der Waals surface area contributed by atoms with Gasteiger partial charge in [-0.05, 0) is 44.5 Å². The molecular formula is C21H25N5O2S. The van der Waals surface area contributed by atoms with Crippen LogP contribution < -0.4 is 10.1 Å².